The second-order valence-corrected chi connectivity index (χ2v) is 13.3. The maximum atomic E-state index is 14.8. The molecule has 0 aliphatic heterocycles. The lowest BCUT2D eigenvalue weighted by Gasteiger charge is -2.21. The average Bonchev–Trinajstić information content (AvgIpc) is 3.12. The summed E-state index contributed by atoms with van der Waals surface area (Å²) in [6, 6.07) is 4.27. The molecule has 0 saturated carbocycles. The van der Waals surface area contributed by atoms with E-state index in [0.29, 0.717) is 23.3 Å². The summed E-state index contributed by atoms with van der Waals surface area (Å²) in [5, 5.41) is 0. The maximum Gasteiger partial charge on any atom is 0.232 e. The van der Waals surface area contributed by atoms with Crippen molar-refractivity contribution in [1.29, 1.82) is 0 Å². The molecular formula is C22H28FN3O5S2. The Morgan fingerprint density at radius 3 is 2.39 bits per heavy atom. The third kappa shape index (κ3) is 4.70. The van der Waals surface area contributed by atoms with Crippen LogP contribution in [-0.2, 0) is 19.9 Å². The highest BCUT2D eigenvalue weighted by Crippen LogP contribution is 2.35. The van der Waals surface area contributed by atoms with E-state index in [4.69, 9.17) is 4.74 Å². The van der Waals surface area contributed by atoms with Crippen LogP contribution in [-0.4, -0.2) is 43.8 Å². The van der Waals surface area contributed by atoms with E-state index in [1.165, 1.54) is 49.0 Å². The zero-order valence-corrected chi connectivity index (χ0v) is 21.1. The number of hydrogen-bond acceptors (Lipinski definition) is 6. The van der Waals surface area contributed by atoms with Gasteiger partial charge in [-0.05, 0) is 46.2 Å². The smallest absolute Gasteiger partial charge is 0.232 e. The minimum absolute atomic E-state index is 0.0271. The van der Waals surface area contributed by atoms with E-state index in [2.05, 4.69) is 9.71 Å². The molecule has 0 aliphatic rings. The van der Waals surface area contributed by atoms with Crippen LogP contribution >= 0.6 is 0 Å². The van der Waals surface area contributed by atoms with Crippen LogP contribution in [0.2, 0.25) is 0 Å². The number of anilines is 1. The van der Waals surface area contributed by atoms with Crippen molar-refractivity contribution in [2.24, 2.45) is 0 Å². The predicted octanol–water partition coefficient (Wildman–Crippen LogP) is 4.18. The van der Waals surface area contributed by atoms with E-state index in [0.717, 1.165) is 0 Å². The number of sulfonamides is 1. The Bertz CT molecular complexity index is 1420. The zero-order valence-electron chi connectivity index (χ0n) is 19.4. The van der Waals surface area contributed by atoms with Crippen LogP contribution in [0.1, 0.15) is 39.7 Å². The Morgan fingerprint density at radius 2 is 1.82 bits per heavy atom. The first-order valence-electron chi connectivity index (χ1n) is 10.3. The molecule has 3 aromatic rings. The van der Waals surface area contributed by atoms with Crippen molar-refractivity contribution in [2.45, 2.75) is 50.7 Å². The van der Waals surface area contributed by atoms with Crippen LogP contribution < -0.4 is 9.46 Å². The second kappa shape index (κ2) is 8.60. The number of sulfone groups is 1. The highest BCUT2D eigenvalue weighted by atomic mass is 32.2. The van der Waals surface area contributed by atoms with Gasteiger partial charge in [0, 0.05) is 23.4 Å². The van der Waals surface area contributed by atoms with Gasteiger partial charge in [-0.3, -0.25) is 9.12 Å². The van der Waals surface area contributed by atoms with Crippen molar-refractivity contribution < 1.29 is 26.0 Å². The van der Waals surface area contributed by atoms with Gasteiger partial charge in [-0.1, -0.05) is 6.92 Å². The summed E-state index contributed by atoms with van der Waals surface area (Å²) in [6.45, 7) is 7.98. The zero-order chi connectivity index (χ0) is 24.8. The number of hydrogen-bond donors (Lipinski definition) is 1. The lowest BCUT2D eigenvalue weighted by atomic mass is 10.1. The molecule has 2 heterocycles. The first kappa shape index (κ1) is 25.0. The molecule has 0 saturated heterocycles. The van der Waals surface area contributed by atoms with Crippen LogP contribution in [0.15, 0.2) is 35.5 Å². The van der Waals surface area contributed by atoms with E-state index in [9.17, 15) is 21.2 Å². The number of methoxy groups -OCH3 is 1. The average molecular weight is 498 g/mol. The molecule has 0 fully saturated rings. The molecule has 0 atom stereocenters. The molecule has 0 unspecified atom stereocenters. The molecule has 8 nitrogen and oxygen atoms in total. The number of rotatable bonds is 7. The van der Waals surface area contributed by atoms with E-state index in [1.807, 2.05) is 0 Å². The molecule has 180 valence electrons. The summed E-state index contributed by atoms with van der Waals surface area (Å²) in [7, 11) is -6.04. The van der Waals surface area contributed by atoms with Gasteiger partial charge in [0.15, 0.2) is 9.84 Å². The molecule has 1 N–H and O–H groups in total. The second-order valence-electron chi connectivity index (χ2n) is 8.75. The highest BCUT2D eigenvalue weighted by Gasteiger charge is 2.34. The van der Waals surface area contributed by atoms with Crippen molar-refractivity contribution in [1.82, 2.24) is 9.38 Å². The molecule has 0 bridgehead atoms. The fourth-order valence-electron chi connectivity index (χ4n) is 3.31. The standard InChI is InChI=1S/C22H28FN3O5S2/c1-7-8-32(27,28)25-17-10-15(9-16(23)14(17)2)18-12-24-21-11-19(31-6)20(13-26(18)21)33(29,30)22(3,4)5/h9-13,25H,7-8H2,1-6H3. The first-order chi connectivity index (χ1) is 15.2. The number of aromatic nitrogens is 2. The fourth-order valence-corrected chi connectivity index (χ4v) is 5.81. The number of halogens is 1. The summed E-state index contributed by atoms with van der Waals surface area (Å²) >= 11 is 0. The Kier molecular flexibility index (Phi) is 6.51. The topological polar surface area (TPSA) is 107 Å². The maximum absolute atomic E-state index is 14.8. The number of imidazole rings is 1. The van der Waals surface area contributed by atoms with Gasteiger partial charge in [-0.15, -0.1) is 0 Å². The minimum Gasteiger partial charge on any atom is -0.495 e. The molecule has 0 amide bonds. The van der Waals surface area contributed by atoms with Crippen LogP contribution in [0.5, 0.6) is 5.75 Å². The van der Waals surface area contributed by atoms with Crippen molar-refractivity contribution in [2.75, 3.05) is 17.6 Å². The molecule has 2 aromatic heterocycles. The van der Waals surface area contributed by atoms with Crippen LogP contribution in [0.25, 0.3) is 16.9 Å². The first-order valence-corrected chi connectivity index (χ1v) is 13.5. The van der Waals surface area contributed by atoms with Crippen molar-refractivity contribution >= 4 is 31.2 Å². The monoisotopic (exact) mass is 497 g/mol. The van der Waals surface area contributed by atoms with Gasteiger partial charge in [0.25, 0.3) is 0 Å². The lowest BCUT2D eigenvalue weighted by molar-refractivity contribution is 0.401. The molecule has 0 radical (unpaired) electrons. The van der Waals surface area contributed by atoms with Crippen LogP contribution in [0, 0.1) is 12.7 Å². The number of nitrogens with one attached hydrogen (secondary N) is 1. The van der Waals surface area contributed by atoms with E-state index in [1.54, 1.807) is 27.7 Å². The normalized spacial score (nSPS) is 12.8. The lowest BCUT2D eigenvalue weighted by Crippen LogP contribution is -2.28. The van der Waals surface area contributed by atoms with Gasteiger partial charge < -0.3 is 4.74 Å². The number of benzene rings is 1. The van der Waals surface area contributed by atoms with E-state index in [-0.39, 0.29) is 27.6 Å². The van der Waals surface area contributed by atoms with Gasteiger partial charge >= 0.3 is 0 Å². The van der Waals surface area contributed by atoms with Gasteiger partial charge in [0.1, 0.15) is 22.1 Å². The quantitative estimate of drug-likeness (QED) is 0.525. The van der Waals surface area contributed by atoms with Crippen molar-refractivity contribution in [3.05, 3.63) is 42.0 Å². The summed E-state index contributed by atoms with van der Waals surface area (Å²) < 4.78 is 73.8. The van der Waals surface area contributed by atoms with Gasteiger partial charge in [-0.25, -0.2) is 26.2 Å². The van der Waals surface area contributed by atoms with Crippen molar-refractivity contribution in [3.63, 3.8) is 0 Å². The SMILES string of the molecule is CCCS(=O)(=O)Nc1cc(-c2cnc3cc(OC)c(S(=O)(=O)C(C)(C)C)cn23)cc(F)c1C. The molecule has 0 spiro atoms. The number of pyridine rings is 1. The predicted molar refractivity (Wildman–Crippen MR) is 127 cm³/mol. The minimum atomic E-state index is -3.78. The molecule has 0 aliphatic carbocycles. The van der Waals surface area contributed by atoms with Crippen LogP contribution in [0.3, 0.4) is 0 Å². The largest absolute Gasteiger partial charge is 0.495 e. The molecular weight excluding hydrogens is 469 g/mol. The number of nitrogens with zero attached hydrogens (tertiary/aromatic N) is 2. The van der Waals surface area contributed by atoms with Crippen molar-refractivity contribution in [3.8, 4) is 17.0 Å². The molecule has 11 heteroatoms. The molecule has 33 heavy (non-hydrogen) atoms. The number of ether oxygens (including phenoxy) is 1. The van der Waals surface area contributed by atoms with Gasteiger partial charge in [0.05, 0.1) is 35.2 Å². The van der Waals surface area contributed by atoms with Crippen LogP contribution in [0.4, 0.5) is 10.1 Å². The Hall–Kier alpha value is -2.66. The summed E-state index contributed by atoms with van der Waals surface area (Å²) in [5.74, 6) is -0.549. The van der Waals surface area contributed by atoms with Gasteiger partial charge in [0.2, 0.25) is 10.0 Å². The van der Waals surface area contributed by atoms with Gasteiger partial charge in [-0.2, -0.15) is 0 Å². The van der Waals surface area contributed by atoms with E-state index < -0.39 is 30.4 Å². The Labute approximate surface area is 193 Å². The summed E-state index contributed by atoms with van der Waals surface area (Å²) in [4.78, 5) is 4.27. The summed E-state index contributed by atoms with van der Waals surface area (Å²) in [5.41, 5.74) is 1.40. The fraction of sp³-hybridized carbons (Fsp3) is 0.409. The molecule has 1 aromatic carbocycles. The molecule has 3 rings (SSSR count). The highest BCUT2D eigenvalue weighted by molar-refractivity contribution is 7.93. The third-order valence-electron chi connectivity index (χ3n) is 5.27. The Morgan fingerprint density at radius 1 is 1.15 bits per heavy atom. The third-order valence-corrected chi connectivity index (χ3v) is 9.24. The van der Waals surface area contributed by atoms with E-state index >= 15 is 0 Å². The Balaban J connectivity index is 2.24. The number of fused-ring (bicyclic) bond motifs is 1. The summed E-state index contributed by atoms with van der Waals surface area (Å²) in [6.07, 6.45) is 3.28.